The van der Waals surface area contributed by atoms with Crippen molar-refractivity contribution in [3.63, 3.8) is 0 Å². The Kier molecular flexibility index (Phi) is 2.80. The molecule has 3 N–H and O–H groups in total. The number of fused-ring (bicyclic) bond motifs is 1. The number of likely N-dealkylation sites (N-methyl/N-ethyl adjacent to an activating group) is 1. The summed E-state index contributed by atoms with van der Waals surface area (Å²) in [5.74, 6) is 0. The predicted molar refractivity (Wildman–Crippen MR) is 62.4 cm³/mol. The molecule has 1 aromatic carbocycles. The molecule has 2 rings (SSSR count). The van der Waals surface area contributed by atoms with Gasteiger partial charge in [-0.1, -0.05) is 6.07 Å². The van der Waals surface area contributed by atoms with Gasteiger partial charge in [0.05, 0.1) is 23.7 Å². The first-order chi connectivity index (χ1) is 7.61. The highest BCUT2D eigenvalue weighted by Crippen LogP contribution is 2.20. The van der Waals surface area contributed by atoms with Crippen LogP contribution in [0, 0.1) is 0 Å². The molecule has 1 aromatic heterocycles. The quantitative estimate of drug-likeness (QED) is 0.704. The van der Waals surface area contributed by atoms with Crippen molar-refractivity contribution in [3.8, 4) is 0 Å². The summed E-state index contributed by atoms with van der Waals surface area (Å²) < 4.78 is 0. The Balaban J connectivity index is 2.48. The molecule has 5 nitrogen and oxygen atoms in total. The average Bonchev–Trinajstić information content (AvgIpc) is 2.57. The van der Waals surface area contributed by atoms with E-state index in [0.717, 1.165) is 16.6 Å². The van der Waals surface area contributed by atoms with E-state index >= 15 is 0 Å². The standard InChI is InChI=1S/C11H15N3O2/c1-14(2)10(6-15)7-3-4-8-9(5-7)13-11(16)12-8/h3-5,10,15H,6H2,1-2H3,(H2,12,13,16). The zero-order valence-corrected chi connectivity index (χ0v) is 9.32. The molecule has 0 amide bonds. The molecule has 86 valence electrons. The van der Waals surface area contributed by atoms with E-state index in [-0.39, 0.29) is 18.3 Å². The minimum Gasteiger partial charge on any atom is -0.394 e. The molecule has 0 fully saturated rings. The number of aliphatic hydroxyl groups excluding tert-OH is 1. The highest BCUT2D eigenvalue weighted by Gasteiger charge is 2.13. The second kappa shape index (κ2) is 4.11. The molecule has 0 saturated carbocycles. The minimum atomic E-state index is -0.211. The third-order valence-electron chi connectivity index (χ3n) is 2.72. The summed E-state index contributed by atoms with van der Waals surface area (Å²) in [5.41, 5.74) is 2.32. The topological polar surface area (TPSA) is 72.1 Å². The van der Waals surface area contributed by atoms with Crippen LogP contribution in [0.2, 0.25) is 0 Å². The Hall–Kier alpha value is -1.59. The third-order valence-corrected chi connectivity index (χ3v) is 2.72. The normalized spacial score (nSPS) is 13.5. The number of aliphatic hydroxyl groups is 1. The van der Waals surface area contributed by atoms with Crippen molar-refractivity contribution in [3.05, 3.63) is 34.2 Å². The number of benzene rings is 1. The van der Waals surface area contributed by atoms with E-state index in [2.05, 4.69) is 9.97 Å². The Morgan fingerprint density at radius 2 is 2.00 bits per heavy atom. The van der Waals surface area contributed by atoms with Crippen molar-refractivity contribution in [1.29, 1.82) is 0 Å². The van der Waals surface area contributed by atoms with Crippen molar-refractivity contribution in [1.82, 2.24) is 14.9 Å². The van der Waals surface area contributed by atoms with Crippen molar-refractivity contribution in [2.24, 2.45) is 0 Å². The van der Waals surface area contributed by atoms with Crippen molar-refractivity contribution in [2.45, 2.75) is 6.04 Å². The largest absolute Gasteiger partial charge is 0.394 e. The molecule has 0 spiro atoms. The molecule has 5 heteroatoms. The van der Waals surface area contributed by atoms with Gasteiger partial charge in [-0.15, -0.1) is 0 Å². The summed E-state index contributed by atoms with van der Waals surface area (Å²) in [7, 11) is 3.82. The lowest BCUT2D eigenvalue weighted by atomic mass is 10.1. The third kappa shape index (κ3) is 1.87. The molecule has 0 bridgehead atoms. The average molecular weight is 221 g/mol. The molecular formula is C11H15N3O2. The number of aromatic nitrogens is 2. The minimum absolute atomic E-state index is 0.0488. The first-order valence-corrected chi connectivity index (χ1v) is 5.11. The summed E-state index contributed by atoms with van der Waals surface area (Å²) in [6.45, 7) is 0.0488. The van der Waals surface area contributed by atoms with Gasteiger partial charge in [0.1, 0.15) is 0 Å². The summed E-state index contributed by atoms with van der Waals surface area (Å²) >= 11 is 0. The zero-order valence-electron chi connectivity index (χ0n) is 9.32. The van der Waals surface area contributed by atoms with Gasteiger partial charge in [0.25, 0.3) is 0 Å². The molecule has 1 atom stereocenters. The van der Waals surface area contributed by atoms with E-state index in [1.165, 1.54) is 0 Å². The van der Waals surface area contributed by atoms with Gasteiger partial charge in [-0.25, -0.2) is 4.79 Å². The molecule has 0 aliphatic carbocycles. The molecule has 0 aliphatic rings. The lowest BCUT2D eigenvalue weighted by Crippen LogP contribution is -2.22. The first kappa shape index (κ1) is 10.9. The van der Waals surface area contributed by atoms with Crippen LogP contribution >= 0.6 is 0 Å². The van der Waals surface area contributed by atoms with E-state index < -0.39 is 0 Å². The summed E-state index contributed by atoms with van der Waals surface area (Å²) in [6.07, 6.45) is 0. The van der Waals surface area contributed by atoms with Crippen LogP contribution in [0.1, 0.15) is 11.6 Å². The molecule has 0 radical (unpaired) electrons. The highest BCUT2D eigenvalue weighted by atomic mass is 16.3. The number of H-pyrrole nitrogens is 2. The van der Waals surface area contributed by atoms with Crippen LogP contribution < -0.4 is 5.69 Å². The Labute approximate surface area is 92.7 Å². The number of imidazole rings is 1. The van der Waals surface area contributed by atoms with Crippen LogP contribution in [0.3, 0.4) is 0 Å². The Morgan fingerprint density at radius 3 is 2.62 bits per heavy atom. The van der Waals surface area contributed by atoms with Crippen molar-refractivity contribution in [2.75, 3.05) is 20.7 Å². The lowest BCUT2D eigenvalue weighted by molar-refractivity contribution is 0.171. The molecule has 0 aliphatic heterocycles. The molecule has 1 unspecified atom stereocenters. The van der Waals surface area contributed by atoms with Gasteiger partial charge < -0.3 is 20.0 Å². The maximum Gasteiger partial charge on any atom is 0.323 e. The van der Waals surface area contributed by atoms with Crippen molar-refractivity contribution < 1.29 is 5.11 Å². The number of aromatic amines is 2. The lowest BCUT2D eigenvalue weighted by Gasteiger charge is -2.22. The van der Waals surface area contributed by atoms with Crippen LogP contribution in [-0.2, 0) is 0 Å². The fourth-order valence-electron chi connectivity index (χ4n) is 1.82. The van der Waals surface area contributed by atoms with Gasteiger partial charge in [0.2, 0.25) is 0 Å². The van der Waals surface area contributed by atoms with Gasteiger partial charge in [-0.05, 0) is 31.8 Å². The molecular weight excluding hydrogens is 206 g/mol. The van der Waals surface area contributed by atoms with E-state index in [1.807, 2.05) is 37.2 Å². The van der Waals surface area contributed by atoms with Gasteiger partial charge in [-0.3, -0.25) is 0 Å². The van der Waals surface area contributed by atoms with Gasteiger partial charge in [0.15, 0.2) is 0 Å². The number of hydrogen-bond acceptors (Lipinski definition) is 3. The van der Waals surface area contributed by atoms with E-state index in [4.69, 9.17) is 0 Å². The maximum atomic E-state index is 11.1. The van der Waals surface area contributed by atoms with E-state index in [9.17, 15) is 9.90 Å². The number of rotatable bonds is 3. The number of nitrogens with zero attached hydrogens (tertiary/aromatic N) is 1. The summed E-state index contributed by atoms with van der Waals surface area (Å²) in [4.78, 5) is 18.4. The van der Waals surface area contributed by atoms with Gasteiger partial charge in [0, 0.05) is 0 Å². The van der Waals surface area contributed by atoms with Crippen LogP contribution in [0.5, 0.6) is 0 Å². The monoisotopic (exact) mass is 221 g/mol. The SMILES string of the molecule is CN(C)C(CO)c1ccc2[nH]c(=O)[nH]c2c1. The smallest absolute Gasteiger partial charge is 0.323 e. The fourth-order valence-corrected chi connectivity index (χ4v) is 1.82. The number of nitrogens with one attached hydrogen (secondary N) is 2. The van der Waals surface area contributed by atoms with Crippen LogP contribution in [0.4, 0.5) is 0 Å². The highest BCUT2D eigenvalue weighted by molar-refractivity contribution is 5.75. The molecule has 2 aromatic rings. The van der Waals surface area contributed by atoms with E-state index in [1.54, 1.807) is 0 Å². The van der Waals surface area contributed by atoms with Gasteiger partial charge >= 0.3 is 5.69 Å². The maximum absolute atomic E-state index is 11.1. The second-order valence-electron chi connectivity index (χ2n) is 4.05. The Morgan fingerprint density at radius 1 is 1.31 bits per heavy atom. The van der Waals surface area contributed by atoms with Crippen molar-refractivity contribution >= 4 is 11.0 Å². The van der Waals surface area contributed by atoms with Crippen LogP contribution in [-0.4, -0.2) is 40.7 Å². The molecule has 0 saturated heterocycles. The van der Waals surface area contributed by atoms with Gasteiger partial charge in [-0.2, -0.15) is 0 Å². The van der Waals surface area contributed by atoms with E-state index in [0.29, 0.717) is 0 Å². The number of hydrogen-bond donors (Lipinski definition) is 3. The summed E-state index contributed by atoms with van der Waals surface area (Å²) in [6, 6.07) is 5.58. The molecule has 1 heterocycles. The van der Waals surface area contributed by atoms with Crippen LogP contribution in [0.15, 0.2) is 23.0 Å². The first-order valence-electron chi connectivity index (χ1n) is 5.11. The Bertz CT molecular complexity index is 541. The summed E-state index contributed by atoms with van der Waals surface area (Å²) in [5, 5.41) is 9.31. The molecule has 16 heavy (non-hydrogen) atoms. The zero-order chi connectivity index (χ0) is 11.7. The fraction of sp³-hybridized carbons (Fsp3) is 0.364. The second-order valence-corrected chi connectivity index (χ2v) is 4.05. The van der Waals surface area contributed by atoms with Crippen LogP contribution in [0.25, 0.3) is 11.0 Å². The predicted octanol–water partition coefficient (Wildman–Crippen LogP) is 0.451.